The van der Waals surface area contributed by atoms with Gasteiger partial charge in [0.05, 0.1) is 29.8 Å². The van der Waals surface area contributed by atoms with Gasteiger partial charge in [-0.2, -0.15) is 26.3 Å². The number of amides is 1. The number of methoxy groups -OCH3 is 1. The van der Waals surface area contributed by atoms with Crippen molar-refractivity contribution in [2.24, 2.45) is 5.41 Å². The number of cyclic esters (lactones) is 1. The lowest BCUT2D eigenvalue weighted by molar-refractivity contribution is -0.138. The van der Waals surface area contributed by atoms with E-state index in [9.17, 15) is 41.0 Å². The van der Waals surface area contributed by atoms with Crippen molar-refractivity contribution >= 4 is 17.6 Å². The molecule has 0 unspecified atom stereocenters. The molecule has 0 aromatic heterocycles. The smallest absolute Gasteiger partial charge is 0.417 e. The number of halogens is 6. The van der Waals surface area contributed by atoms with Crippen LogP contribution in [0.5, 0.6) is 5.75 Å². The normalized spacial score (nSPS) is 19.4. The van der Waals surface area contributed by atoms with Crippen LogP contribution in [0, 0.1) is 12.3 Å². The molecule has 1 heterocycles. The van der Waals surface area contributed by atoms with Crippen molar-refractivity contribution in [3.8, 4) is 16.9 Å². The highest BCUT2D eigenvalue weighted by Gasteiger charge is 2.43. The molecule has 1 aliphatic heterocycles. The fourth-order valence-corrected chi connectivity index (χ4v) is 6.67. The number of alkyl halides is 6. The molecule has 2 aliphatic rings. The molecule has 2 atom stereocenters. The molecule has 0 bridgehead atoms. The Morgan fingerprint density at radius 1 is 1.00 bits per heavy atom. The number of hydrogen-bond acceptors (Lipinski definition) is 4. The van der Waals surface area contributed by atoms with Crippen molar-refractivity contribution in [1.29, 1.82) is 0 Å². The van der Waals surface area contributed by atoms with Crippen LogP contribution in [0.3, 0.4) is 0 Å². The second kappa shape index (κ2) is 13.4. The number of hydrogen-bond donors (Lipinski definition) is 1. The van der Waals surface area contributed by atoms with Gasteiger partial charge in [-0.05, 0) is 103 Å². The maximum absolute atomic E-state index is 14.2. The number of rotatable bonds is 7. The van der Waals surface area contributed by atoms with Crippen LogP contribution in [0.1, 0.15) is 91.7 Å². The van der Waals surface area contributed by atoms with E-state index in [1.165, 1.54) is 18.1 Å². The topological polar surface area (TPSA) is 76.1 Å². The molecule has 1 saturated heterocycles. The van der Waals surface area contributed by atoms with Crippen LogP contribution in [0.15, 0.2) is 60.2 Å². The third-order valence-electron chi connectivity index (χ3n) is 9.09. The van der Waals surface area contributed by atoms with Gasteiger partial charge in [0.25, 0.3) is 0 Å². The van der Waals surface area contributed by atoms with Gasteiger partial charge < -0.3 is 14.6 Å². The van der Waals surface area contributed by atoms with E-state index < -0.39 is 53.3 Å². The Morgan fingerprint density at radius 3 is 2.31 bits per heavy atom. The zero-order valence-electron chi connectivity index (χ0n) is 27.0. The number of allylic oxidation sites excluding steroid dienone is 1. The first-order chi connectivity index (χ1) is 22.3. The van der Waals surface area contributed by atoms with E-state index in [4.69, 9.17) is 9.47 Å². The summed E-state index contributed by atoms with van der Waals surface area (Å²) in [6, 6.07) is 10.4. The lowest BCUT2D eigenvalue weighted by atomic mass is 9.72. The number of carboxylic acid groups (broad SMARTS) is 1. The summed E-state index contributed by atoms with van der Waals surface area (Å²) in [5.41, 5.74) is 0.109. The largest absolute Gasteiger partial charge is 0.496 e. The first-order valence-electron chi connectivity index (χ1n) is 15.3. The minimum atomic E-state index is -4.83. The van der Waals surface area contributed by atoms with Gasteiger partial charge in [0.1, 0.15) is 11.9 Å². The predicted octanol–water partition coefficient (Wildman–Crippen LogP) is 10.6. The average molecular weight is 692 g/mol. The van der Waals surface area contributed by atoms with Crippen molar-refractivity contribution in [1.82, 2.24) is 4.90 Å². The fraction of sp³-hybridized carbons (Fsp3) is 0.405. The molecule has 1 N–H and O–H groups in total. The third-order valence-corrected chi connectivity index (χ3v) is 9.09. The van der Waals surface area contributed by atoms with Gasteiger partial charge in [-0.25, -0.2) is 9.59 Å². The van der Waals surface area contributed by atoms with E-state index in [1.807, 2.05) is 0 Å². The van der Waals surface area contributed by atoms with Crippen molar-refractivity contribution in [3.63, 3.8) is 0 Å². The number of benzene rings is 3. The number of nitrogens with zero attached hydrogens (tertiary/aromatic N) is 1. The Balaban J connectivity index is 0.00000541. The molecule has 264 valence electrons. The second-order valence-electron chi connectivity index (χ2n) is 13.2. The Kier molecular flexibility index (Phi) is 10.2. The van der Waals surface area contributed by atoms with Crippen LogP contribution >= 0.6 is 0 Å². The van der Waals surface area contributed by atoms with Crippen LogP contribution in [0.4, 0.5) is 31.1 Å². The number of aryl methyl sites for hydroxylation is 1. The summed E-state index contributed by atoms with van der Waals surface area (Å²) in [4.78, 5) is 26.2. The predicted molar refractivity (Wildman–Crippen MR) is 173 cm³/mol. The highest BCUT2D eigenvalue weighted by atomic mass is 19.4. The Hall–Kier alpha value is -4.48. The number of ether oxygens (including phenoxy) is 2. The minimum Gasteiger partial charge on any atom is -0.496 e. The van der Waals surface area contributed by atoms with Crippen molar-refractivity contribution in [3.05, 3.63) is 93.6 Å². The standard InChI is InChI=1S/C36H35F6NO5.CH4/c1-19-12-23(14-25(13-19)35(37,38)39)31-20(2)43(33(46)48-31)18-24-17-34(3,4)11-10-26(24)28-15-21(7-9-30(28)47-5)27-8-6-22(32(44)45)16-29(27)36(40,41)42;/h6-9,12-16,20,31H,10-11,17-18H2,1-5H3,(H,44,45);1H4/t20-,31-;/m0./s1. The average Bonchev–Trinajstić information content (AvgIpc) is 3.27. The maximum atomic E-state index is 14.2. The molecule has 0 saturated carbocycles. The van der Waals surface area contributed by atoms with Crippen molar-refractivity contribution < 1.29 is 50.5 Å². The Bertz CT molecular complexity index is 1790. The van der Waals surface area contributed by atoms with Gasteiger partial charge in [0, 0.05) is 12.1 Å². The zero-order chi connectivity index (χ0) is 35.3. The van der Waals surface area contributed by atoms with Gasteiger partial charge in [0.15, 0.2) is 0 Å². The Labute approximate surface area is 281 Å². The summed E-state index contributed by atoms with van der Waals surface area (Å²) < 4.78 is 94.5. The van der Waals surface area contributed by atoms with E-state index in [0.717, 1.165) is 41.8 Å². The molecule has 6 nitrogen and oxygen atoms in total. The summed E-state index contributed by atoms with van der Waals surface area (Å²) in [6.07, 6.45) is -9.28. The number of carboxylic acids is 1. The lowest BCUT2D eigenvalue weighted by Gasteiger charge is -2.36. The van der Waals surface area contributed by atoms with Gasteiger partial charge in [-0.3, -0.25) is 4.90 Å². The quantitative estimate of drug-likeness (QED) is 0.250. The van der Waals surface area contributed by atoms with E-state index in [0.29, 0.717) is 35.8 Å². The third kappa shape index (κ3) is 7.73. The van der Waals surface area contributed by atoms with Crippen LogP contribution in [0.25, 0.3) is 16.7 Å². The van der Waals surface area contributed by atoms with Gasteiger partial charge in [-0.15, -0.1) is 0 Å². The molecule has 3 aromatic rings. The first-order valence-corrected chi connectivity index (χ1v) is 15.3. The summed E-state index contributed by atoms with van der Waals surface area (Å²) >= 11 is 0. The summed E-state index contributed by atoms with van der Waals surface area (Å²) in [6.45, 7) is 7.47. The summed E-state index contributed by atoms with van der Waals surface area (Å²) in [5.74, 6) is -1.08. The van der Waals surface area contributed by atoms with Gasteiger partial charge in [-0.1, -0.05) is 45.0 Å². The number of carbonyl (C=O) groups excluding carboxylic acids is 1. The molecular weight excluding hydrogens is 652 g/mol. The van der Waals surface area contributed by atoms with E-state index >= 15 is 0 Å². The maximum Gasteiger partial charge on any atom is 0.417 e. The van der Waals surface area contributed by atoms with Crippen LogP contribution in [-0.2, 0) is 17.1 Å². The molecule has 49 heavy (non-hydrogen) atoms. The molecule has 1 fully saturated rings. The zero-order valence-corrected chi connectivity index (χ0v) is 27.0. The van der Waals surface area contributed by atoms with E-state index in [-0.39, 0.29) is 36.1 Å². The van der Waals surface area contributed by atoms with Crippen LogP contribution < -0.4 is 4.74 Å². The molecule has 1 amide bonds. The first kappa shape index (κ1) is 37.3. The molecule has 5 rings (SSSR count). The SMILES string of the molecule is C.COc1ccc(-c2ccc(C(=O)O)cc2C(F)(F)F)cc1C1=C(CN2C(=O)O[C@H](c3cc(C)cc(C(F)(F)F)c3)[C@@H]2C)CC(C)(C)CC1. The minimum absolute atomic E-state index is 0. The summed E-state index contributed by atoms with van der Waals surface area (Å²) in [7, 11) is 1.44. The highest BCUT2D eigenvalue weighted by Crippen LogP contribution is 2.47. The molecule has 3 aromatic carbocycles. The van der Waals surface area contributed by atoms with E-state index in [1.54, 1.807) is 32.0 Å². The van der Waals surface area contributed by atoms with Gasteiger partial charge in [0.2, 0.25) is 0 Å². The Morgan fingerprint density at radius 2 is 1.69 bits per heavy atom. The molecule has 12 heteroatoms. The molecule has 0 spiro atoms. The number of aromatic carboxylic acids is 1. The van der Waals surface area contributed by atoms with Crippen molar-refractivity contribution in [2.75, 3.05) is 13.7 Å². The van der Waals surface area contributed by atoms with Crippen LogP contribution in [0.2, 0.25) is 0 Å². The summed E-state index contributed by atoms with van der Waals surface area (Å²) in [5, 5.41) is 9.31. The molecule has 0 radical (unpaired) electrons. The fourth-order valence-electron chi connectivity index (χ4n) is 6.67. The monoisotopic (exact) mass is 691 g/mol. The lowest BCUT2D eigenvalue weighted by Crippen LogP contribution is -2.35. The highest BCUT2D eigenvalue weighted by molar-refractivity contribution is 5.89. The van der Waals surface area contributed by atoms with Crippen LogP contribution in [-0.4, -0.2) is 41.8 Å². The second-order valence-corrected chi connectivity index (χ2v) is 13.2. The molecular formula is C37H39F6NO5. The number of carbonyl (C=O) groups is 2. The van der Waals surface area contributed by atoms with Crippen molar-refractivity contribution in [2.45, 2.75) is 78.9 Å². The molecule has 1 aliphatic carbocycles. The van der Waals surface area contributed by atoms with Gasteiger partial charge >= 0.3 is 24.4 Å². The van der Waals surface area contributed by atoms with E-state index in [2.05, 4.69) is 13.8 Å².